The summed E-state index contributed by atoms with van der Waals surface area (Å²) in [5.41, 5.74) is 0.633. The Morgan fingerprint density at radius 2 is 1.11 bits per heavy atom. The van der Waals surface area contributed by atoms with Gasteiger partial charge in [0.05, 0.1) is 6.21 Å². The summed E-state index contributed by atoms with van der Waals surface area (Å²) in [7, 11) is 0. The zero-order valence-electron chi connectivity index (χ0n) is 34.0. The highest BCUT2D eigenvalue weighted by atomic mass is 17.3. The maximum Gasteiger partial charge on any atom is 0.232 e. The van der Waals surface area contributed by atoms with Crippen molar-refractivity contribution in [3.05, 3.63) is 71.8 Å². The Kier molecular flexibility index (Phi) is 11.7. The summed E-state index contributed by atoms with van der Waals surface area (Å²) >= 11 is 0. The van der Waals surface area contributed by atoms with Crippen molar-refractivity contribution in [3.63, 3.8) is 0 Å². The molecule has 12 rings (SSSR count). The van der Waals surface area contributed by atoms with Gasteiger partial charge < -0.3 is 23.8 Å². The Bertz CT molecular complexity index is 1710. The largest absolute Gasteiger partial charge is 0.363 e. The van der Waals surface area contributed by atoms with E-state index < -0.39 is 47.9 Å². The first-order chi connectivity index (χ1) is 27.4. The van der Waals surface area contributed by atoms with E-state index in [1.165, 1.54) is 12.8 Å². The van der Waals surface area contributed by atoms with E-state index in [2.05, 4.69) is 32.9 Å². The Morgan fingerprint density at radius 3 is 1.58 bits per heavy atom. The average molecular weight is 793 g/mol. The van der Waals surface area contributed by atoms with Gasteiger partial charge in [0.1, 0.15) is 6.29 Å². The number of hydrogen-bond acceptors (Lipinski definition) is 13. The van der Waals surface area contributed by atoms with Gasteiger partial charge in [0.25, 0.3) is 0 Å². The molecule has 57 heavy (non-hydrogen) atoms. The Labute approximate surface area is 335 Å². The van der Waals surface area contributed by atoms with Gasteiger partial charge in [0.15, 0.2) is 30.1 Å². The molecule has 8 aliphatic heterocycles. The number of aldehydes is 1. The molecule has 0 amide bonds. The second-order valence-electron chi connectivity index (χ2n) is 18.0. The summed E-state index contributed by atoms with van der Waals surface area (Å²) < 4.78 is 24.8. The molecule has 2 aromatic carbocycles. The maximum atomic E-state index is 10.0. The monoisotopic (exact) mass is 792 g/mol. The second kappa shape index (κ2) is 16.3. The van der Waals surface area contributed by atoms with Crippen LogP contribution < -0.4 is 5.90 Å². The van der Waals surface area contributed by atoms with Crippen LogP contribution in [0.3, 0.4) is 0 Å². The Morgan fingerprint density at radius 1 is 0.632 bits per heavy atom. The number of rotatable bonds is 5. The molecular weight excluding hydrogens is 732 g/mol. The SMILES string of the molecule is C[C@H]1C(ON)OC2O[C@@]3(C)CCC4[C@H](C)CCC1[C@@]24OO3.C[C@H]1C(ON=Cc2ccccc2)OC2O[C@@]3(C)CCC4[C@H](C)CCC1[C@@]24OO3.O=Cc1ccccc1. The minimum atomic E-state index is -0.768. The summed E-state index contributed by atoms with van der Waals surface area (Å²) in [6, 6.07) is 19.0. The third-order valence-corrected chi connectivity index (χ3v) is 14.4. The maximum absolute atomic E-state index is 10.0. The highest BCUT2D eigenvalue weighted by molar-refractivity contribution is 5.78. The van der Waals surface area contributed by atoms with Crippen molar-refractivity contribution >= 4 is 12.5 Å². The molecule has 8 heterocycles. The molecule has 13 nitrogen and oxygen atoms in total. The lowest BCUT2D eigenvalue weighted by Gasteiger charge is -2.59. The molecule has 8 unspecified atom stereocenters. The predicted molar refractivity (Wildman–Crippen MR) is 206 cm³/mol. The number of carbonyl (C=O) groups is 1. The van der Waals surface area contributed by atoms with Crippen LogP contribution >= 0.6 is 0 Å². The van der Waals surface area contributed by atoms with Crippen LogP contribution in [0.1, 0.15) is 109 Å². The molecule has 2 aliphatic carbocycles. The van der Waals surface area contributed by atoms with Crippen molar-refractivity contribution < 1.29 is 53.0 Å². The molecule has 2 aromatic rings. The molecule has 312 valence electrons. The first kappa shape index (κ1) is 40.9. The van der Waals surface area contributed by atoms with Gasteiger partial charge in [-0.3, -0.25) is 9.63 Å². The van der Waals surface area contributed by atoms with Gasteiger partial charge in [-0.2, -0.15) is 0 Å². The average Bonchev–Trinajstić information content (AvgIpc) is 3.60. The summed E-state index contributed by atoms with van der Waals surface area (Å²) in [5, 5.41) is 4.20. The molecule has 8 saturated heterocycles. The van der Waals surface area contributed by atoms with Crippen molar-refractivity contribution in [2.45, 2.75) is 141 Å². The molecular formula is C44H60N2O11. The number of hydrogen-bond donors (Lipinski definition) is 1. The number of benzene rings is 2. The first-order valence-corrected chi connectivity index (χ1v) is 21.0. The fourth-order valence-electron chi connectivity index (χ4n) is 11.2. The fraction of sp³-hybridized carbons (Fsp3) is 0.682. The van der Waals surface area contributed by atoms with E-state index >= 15 is 0 Å². The number of nitrogens with two attached hydrogens (primary N) is 1. The third-order valence-electron chi connectivity index (χ3n) is 14.4. The van der Waals surface area contributed by atoms with Crippen LogP contribution in [0.25, 0.3) is 0 Å². The number of carbonyl (C=O) groups excluding carboxylic acids is 1. The van der Waals surface area contributed by atoms with Crippen molar-refractivity contribution in [2.75, 3.05) is 0 Å². The Balaban J connectivity index is 0.000000137. The number of nitrogens with zero attached hydrogens (tertiary/aromatic N) is 1. The molecule has 0 radical (unpaired) electrons. The third kappa shape index (κ3) is 7.40. The number of oxime groups is 1. The Hall–Kier alpha value is -2.82. The van der Waals surface area contributed by atoms with Crippen LogP contribution in [-0.2, 0) is 48.2 Å². The van der Waals surface area contributed by atoms with E-state index in [4.69, 9.17) is 54.1 Å². The smallest absolute Gasteiger partial charge is 0.232 e. The highest BCUT2D eigenvalue weighted by Crippen LogP contribution is 2.62. The number of ether oxygens (including phenoxy) is 4. The summed E-state index contributed by atoms with van der Waals surface area (Å²) in [6.07, 6.45) is 8.81. The van der Waals surface area contributed by atoms with Crippen LogP contribution in [0.4, 0.5) is 0 Å². The molecule has 16 atom stereocenters. The van der Waals surface area contributed by atoms with Gasteiger partial charge in [-0.05, 0) is 81.6 Å². The van der Waals surface area contributed by atoms with Crippen LogP contribution in [0.15, 0.2) is 65.8 Å². The summed E-state index contributed by atoms with van der Waals surface area (Å²) in [4.78, 5) is 44.6. The van der Waals surface area contributed by atoms with Gasteiger partial charge in [0.2, 0.25) is 17.9 Å². The van der Waals surface area contributed by atoms with Gasteiger partial charge in [-0.15, -0.1) is 0 Å². The van der Waals surface area contributed by atoms with E-state index in [0.717, 1.165) is 55.9 Å². The molecule has 10 fully saturated rings. The van der Waals surface area contributed by atoms with Crippen LogP contribution in [-0.4, -0.2) is 60.4 Å². The minimum Gasteiger partial charge on any atom is -0.363 e. The molecule has 2 spiro atoms. The lowest BCUT2D eigenvalue weighted by molar-refractivity contribution is -0.577. The van der Waals surface area contributed by atoms with E-state index in [-0.39, 0.29) is 23.7 Å². The zero-order valence-corrected chi connectivity index (χ0v) is 34.0. The summed E-state index contributed by atoms with van der Waals surface area (Å²) in [6.45, 7) is 12.7. The second-order valence-corrected chi connectivity index (χ2v) is 18.0. The number of fused-ring (bicyclic) bond motifs is 4. The predicted octanol–water partition coefficient (Wildman–Crippen LogP) is 7.83. The van der Waals surface area contributed by atoms with Crippen LogP contribution in [0.2, 0.25) is 0 Å². The highest BCUT2D eigenvalue weighted by Gasteiger charge is 2.71. The van der Waals surface area contributed by atoms with E-state index in [9.17, 15) is 4.79 Å². The van der Waals surface area contributed by atoms with Gasteiger partial charge in [-0.25, -0.2) is 25.4 Å². The van der Waals surface area contributed by atoms with Crippen LogP contribution in [0.5, 0.6) is 0 Å². The lowest BCUT2D eigenvalue weighted by atomic mass is 9.58. The molecule has 2 saturated carbocycles. The van der Waals surface area contributed by atoms with Crippen molar-refractivity contribution in [1.82, 2.24) is 0 Å². The van der Waals surface area contributed by atoms with E-state index in [1.807, 2.05) is 62.4 Å². The van der Waals surface area contributed by atoms with E-state index in [0.29, 0.717) is 23.7 Å². The summed E-state index contributed by atoms with van der Waals surface area (Å²) in [5.74, 6) is 6.57. The van der Waals surface area contributed by atoms with Crippen molar-refractivity contribution in [1.29, 1.82) is 0 Å². The van der Waals surface area contributed by atoms with Gasteiger partial charge in [-0.1, -0.05) is 93.5 Å². The zero-order chi connectivity index (χ0) is 40.0. The van der Waals surface area contributed by atoms with Crippen molar-refractivity contribution in [3.8, 4) is 0 Å². The normalized spacial score (nSPS) is 46.4. The quantitative estimate of drug-likeness (QED) is 0.136. The molecule has 13 heteroatoms. The van der Waals surface area contributed by atoms with Gasteiger partial charge in [0, 0.05) is 42.1 Å². The van der Waals surface area contributed by atoms with Crippen LogP contribution in [0, 0.1) is 47.3 Å². The minimum absolute atomic E-state index is 0.119. The van der Waals surface area contributed by atoms with Crippen molar-refractivity contribution in [2.24, 2.45) is 58.4 Å². The topological polar surface area (TPSA) is 148 Å². The molecule has 2 N–H and O–H groups in total. The lowest BCUT2D eigenvalue weighted by Crippen LogP contribution is -2.70. The fourth-order valence-corrected chi connectivity index (χ4v) is 11.2. The molecule has 0 aromatic heterocycles. The van der Waals surface area contributed by atoms with E-state index in [1.54, 1.807) is 18.3 Å². The standard InChI is InChI=1S/C22H29NO5.C15H25NO5.C7H6O/c1-14-9-10-18-15(2)19(26-23-13-16-7-5-4-6-8-16)24-20-22(18)17(14)11-12-21(3,25-20)27-28-22;1-8-4-5-11-9(2)12(19-16)17-13-15(11)10(8)6-7-14(3,18-13)20-21-15;8-6-7-4-2-1-3-5-7/h4-8,13-15,17-20H,9-12H2,1-3H3;8-13H,4-7,16H2,1-3H3;1-6H/t14-,15-,17?,18?,19?,20?,21-,22-;8-,9-,10?,11?,12?,13?,14-,15-;/m11./s1. The molecule has 4 bridgehead atoms. The first-order valence-electron chi connectivity index (χ1n) is 21.0. The van der Waals surface area contributed by atoms with Gasteiger partial charge >= 0.3 is 0 Å². The molecule has 10 aliphatic rings.